The highest BCUT2D eigenvalue weighted by Gasteiger charge is 2.48. The molecule has 3 heterocycles. The number of nitrogens with zero attached hydrogens (tertiary/aromatic N) is 3. The Kier molecular flexibility index (Phi) is 9.27. The molecule has 3 aromatic carbocycles. The summed E-state index contributed by atoms with van der Waals surface area (Å²) in [4.78, 5) is 28.8. The fourth-order valence-electron chi connectivity index (χ4n) is 5.11. The maximum Gasteiger partial charge on any atom is 0.301 e. The molecular formula is C34H31N3O7S2. The van der Waals surface area contributed by atoms with Gasteiger partial charge in [0, 0.05) is 11.3 Å². The molecule has 2 aliphatic rings. The molecule has 1 saturated heterocycles. The second-order valence-corrected chi connectivity index (χ2v) is 12.6. The smallest absolute Gasteiger partial charge is 0.301 e. The maximum absolute atomic E-state index is 13.8. The summed E-state index contributed by atoms with van der Waals surface area (Å²) < 4.78 is 23.6. The van der Waals surface area contributed by atoms with Gasteiger partial charge < -0.3 is 24.1 Å². The monoisotopic (exact) mass is 657 g/mol. The number of hydrogen-bond donors (Lipinski definition) is 1. The molecule has 46 heavy (non-hydrogen) atoms. The molecule has 0 saturated carbocycles. The van der Waals surface area contributed by atoms with Gasteiger partial charge >= 0.3 is 5.91 Å². The van der Waals surface area contributed by atoms with Crippen molar-refractivity contribution in [2.45, 2.75) is 30.0 Å². The quantitative estimate of drug-likeness (QED) is 0.0478. The van der Waals surface area contributed by atoms with Crippen molar-refractivity contribution in [3.8, 4) is 23.0 Å². The average molecular weight is 658 g/mol. The summed E-state index contributed by atoms with van der Waals surface area (Å²) in [7, 11) is 0. The van der Waals surface area contributed by atoms with Crippen molar-refractivity contribution in [2.75, 3.05) is 31.3 Å². The Morgan fingerprint density at radius 1 is 1.04 bits per heavy atom. The summed E-state index contributed by atoms with van der Waals surface area (Å²) in [6, 6.07) is 17.2. The first-order chi connectivity index (χ1) is 22.4. The number of ketones is 1. The third kappa shape index (κ3) is 6.31. The Hall–Kier alpha value is -4.81. The van der Waals surface area contributed by atoms with Crippen LogP contribution in [0.1, 0.15) is 35.2 Å². The summed E-state index contributed by atoms with van der Waals surface area (Å²) in [5.74, 6) is 0.463. The lowest BCUT2D eigenvalue weighted by Gasteiger charge is -2.24. The van der Waals surface area contributed by atoms with Gasteiger partial charge in [-0.05, 0) is 55.3 Å². The van der Waals surface area contributed by atoms with E-state index in [1.165, 1.54) is 33.6 Å². The van der Waals surface area contributed by atoms with Crippen LogP contribution in [0.15, 0.2) is 83.2 Å². The minimum absolute atomic E-state index is 0.104. The van der Waals surface area contributed by atoms with Gasteiger partial charge in [-0.15, -0.1) is 10.2 Å². The molecule has 6 rings (SSSR count). The van der Waals surface area contributed by atoms with Gasteiger partial charge in [-0.25, -0.2) is 0 Å². The van der Waals surface area contributed by atoms with Gasteiger partial charge in [-0.3, -0.25) is 14.5 Å². The Morgan fingerprint density at radius 2 is 1.83 bits per heavy atom. The van der Waals surface area contributed by atoms with E-state index in [4.69, 9.17) is 18.9 Å². The molecule has 1 amide bonds. The van der Waals surface area contributed by atoms with Gasteiger partial charge in [-0.2, -0.15) is 0 Å². The molecule has 1 N–H and O–H groups in total. The van der Waals surface area contributed by atoms with Crippen LogP contribution in [-0.4, -0.2) is 53.4 Å². The highest BCUT2D eigenvalue weighted by molar-refractivity contribution is 8.00. The number of benzene rings is 3. The molecule has 2 aliphatic heterocycles. The highest BCUT2D eigenvalue weighted by atomic mass is 32.2. The number of carbonyl (C=O) groups is 2. The number of aliphatic hydroxyl groups is 1. The van der Waals surface area contributed by atoms with Gasteiger partial charge in [0.15, 0.2) is 27.3 Å². The van der Waals surface area contributed by atoms with Gasteiger partial charge in [0.25, 0.3) is 5.78 Å². The Bertz CT molecular complexity index is 1820. The van der Waals surface area contributed by atoms with Crippen molar-refractivity contribution in [3.05, 3.63) is 101 Å². The van der Waals surface area contributed by atoms with E-state index in [0.717, 1.165) is 5.56 Å². The van der Waals surface area contributed by atoms with Crippen LogP contribution < -0.4 is 23.8 Å². The first-order valence-electron chi connectivity index (χ1n) is 14.6. The summed E-state index contributed by atoms with van der Waals surface area (Å²) in [6.07, 6.45) is 1.62. The van der Waals surface area contributed by atoms with Crippen molar-refractivity contribution in [1.29, 1.82) is 0 Å². The minimum atomic E-state index is -1.04. The first-order valence-corrected chi connectivity index (χ1v) is 16.4. The van der Waals surface area contributed by atoms with E-state index in [1.807, 2.05) is 26.0 Å². The lowest BCUT2D eigenvalue weighted by atomic mass is 9.95. The second kappa shape index (κ2) is 13.7. The first kappa shape index (κ1) is 31.2. The summed E-state index contributed by atoms with van der Waals surface area (Å²) in [6.45, 7) is 8.95. The summed E-state index contributed by atoms with van der Waals surface area (Å²) >= 11 is 2.68. The Labute approximate surface area is 274 Å². The van der Waals surface area contributed by atoms with Crippen LogP contribution in [0, 0.1) is 6.92 Å². The van der Waals surface area contributed by atoms with Gasteiger partial charge in [0.2, 0.25) is 5.13 Å². The van der Waals surface area contributed by atoms with Crippen molar-refractivity contribution in [3.63, 3.8) is 0 Å². The van der Waals surface area contributed by atoms with Crippen LogP contribution in [-0.2, 0) is 15.3 Å². The topological polar surface area (TPSA) is 120 Å². The van der Waals surface area contributed by atoms with E-state index in [9.17, 15) is 14.7 Å². The van der Waals surface area contributed by atoms with Crippen LogP contribution in [0.5, 0.6) is 23.0 Å². The van der Waals surface area contributed by atoms with Crippen molar-refractivity contribution in [1.82, 2.24) is 10.2 Å². The van der Waals surface area contributed by atoms with E-state index in [-0.39, 0.29) is 23.1 Å². The molecule has 1 atom stereocenters. The zero-order valence-corrected chi connectivity index (χ0v) is 26.9. The van der Waals surface area contributed by atoms with Crippen LogP contribution >= 0.6 is 23.1 Å². The standard InChI is InChI=1S/C34H31N3O7S2/c1-4-14-42-24-12-10-22(17-26(24)41-5-2)29-28(30(38)23-11-13-25-27(18-23)44-16-15-43-25)31(39)32(40)37(29)33-35-36-34(46-33)45-19-21-8-6-20(3)7-9-21/h4,6-13,17-18,29,38H,1,5,14-16,19H2,2-3H3/b30-28+/t29-/m0/s1. The highest BCUT2D eigenvalue weighted by Crippen LogP contribution is 2.46. The van der Waals surface area contributed by atoms with Crippen molar-refractivity contribution < 1.29 is 33.6 Å². The number of ether oxygens (including phenoxy) is 4. The average Bonchev–Trinajstić information content (AvgIpc) is 3.65. The molecular weight excluding hydrogens is 627 g/mol. The molecule has 12 heteroatoms. The lowest BCUT2D eigenvalue weighted by molar-refractivity contribution is -0.132. The number of anilines is 1. The van der Waals surface area contributed by atoms with Crippen LogP contribution in [0.2, 0.25) is 0 Å². The van der Waals surface area contributed by atoms with Crippen LogP contribution in [0.4, 0.5) is 5.13 Å². The number of carbonyl (C=O) groups excluding carboxylic acids is 2. The summed E-state index contributed by atoms with van der Waals surface area (Å²) in [5.41, 5.74) is 3.00. The van der Waals surface area contributed by atoms with E-state index >= 15 is 0 Å². The molecule has 0 aliphatic carbocycles. The molecule has 0 spiro atoms. The molecule has 10 nitrogen and oxygen atoms in total. The Morgan fingerprint density at radius 3 is 2.59 bits per heavy atom. The number of hydrogen-bond acceptors (Lipinski definition) is 11. The number of Topliss-reactive ketones (excluding diaryl/α,β-unsaturated/α-hetero) is 1. The second-order valence-electron chi connectivity index (χ2n) is 10.4. The molecule has 4 aromatic rings. The van der Waals surface area contributed by atoms with Crippen LogP contribution in [0.25, 0.3) is 5.76 Å². The fourth-order valence-corrected chi connectivity index (χ4v) is 6.93. The van der Waals surface area contributed by atoms with Gasteiger partial charge in [0.1, 0.15) is 25.6 Å². The molecule has 236 valence electrons. The number of aliphatic hydroxyl groups excluding tert-OH is 1. The Balaban J connectivity index is 1.42. The largest absolute Gasteiger partial charge is 0.507 e. The van der Waals surface area contributed by atoms with E-state index in [1.54, 1.807) is 42.5 Å². The zero-order chi connectivity index (χ0) is 32.2. The SMILES string of the molecule is C=CCOc1ccc([C@H]2/C(=C(\O)c3ccc4c(c3)OCCO4)C(=O)C(=O)N2c2nnc(SCc3ccc(C)cc3)s2)cc1OCC. The minimum Gasteiger partial charge on any atom is -0.507 e. The third-order valence-electron chi connectivity index (χ3n) is 7.28. The number of aromatic nitrogens is 2. The molecule has 1 fully saturated rings. The third-order valence-corrected chi connectivity index (χ3v) is 9.41. The predicted octanol–water partition coefficient (Wildman–Crippen LogP) is 6.50. The summed E-state index contributed by atoms with van der Waals surface area (Å²) in [5, 5.41) is 20.5. The fraction of sp³-hybridized carbons (Fsp3) is 0.235. The number of rotatable bonds is 11. The molecule has 0 unspecified atom stereocenters. The van der Waals surface area contributed by atoms with Gasteiger partial charge in [-0.1, -0.05) is 71.6 Å². The number of thioether (sulfide) groups is 1. The van der Waals surface area contributed by atoms with Crippen LogP contribution in [0.3, 0.4) is 0 Å². The van der Waals surface area contributed by atoms with E-state index < -0.39 is 17.7 Å². The van der Waals surface area contributed by atoms with E-state index in [0.29, 0.717) is 64.0 Å². The number of fused-ring (bicyclic) bond motifs is 1. The number of amides is 1. The lowest BCUT2D eigenvalue weighted by Crippen LogP contribution is -2.29. The molecule has 0 radical (unpaired) electrons. The molecule has 0 bridgehead atoms. The van der Waals surface area contributed by atoms with E-state index in [2.05, 4.69) is 28.9 Å². The van der Waals surface area contributed by atoms with Crippen molar-refractivity contribution >= 4 is 45.7 Å². The number of aryl methyl sites for hydroxylation is 1. The predicted molar refractivity (Wildman–Crippen MR) is 176 cm³/mol. The molecule has 1 aromatic heterocycles. The normalized spacial score (nSPS) is 16.8. The van der Waals surface area contributed by atoms with Gasteiger partial charge in [0.05, 0.1) is 18.2 Å². The zero-order valence-electron chi connectivity index (χ0n) is 25.2. The maximum atomic E-state index is 13.8. The van der Waals surface area contributed by atoms with Crippen molar-refractivity contribution in [2.24, 2.45) is 0 Å².